The topological polar surface area (TPSA) is 109 Å². The van der Waals surface area contributed by atoms with Gasteiger partial charge in [0.2, 0.25) is 11.8 Å². The van der Waals surface area contributed by atoms with Crippen molar-refractivity contribution in [1.29, 1.82) is 0 Å². The van der Waals surface area contributed by atoms with E-state index >= 15 is 0 Å². The van der Waals surface area contributed by atoms with Crippen molar-refractivity contribution < 1.29 is 19.4 Å². The van der Waals surface area contributed by atoms with Crippen molar-refractivity contribution in [3.05, 3.63) is 42.1 Å². The maximum atomic E-state index is 13.2. The molecule has 9 heteroatoms. The summed E-state index contributed by atoms with van der Waals surface area (Å²) < 4.78 is 7.51. The summed E-state index contributed by atoms with van der Waals surface area (Å²) in [6.07, 6.45) is 2.77. The van der Waals surface area contributed by atoms with Gasteiger partial charge in [0.15, 0.2) is 0 Å². The van der Waals surface area contributed by atoms with Crippen LogP contribution in [-0.4, -0.2) is 76.1 Å². The minimum Gasteiger partial charge on any atom is -0.391 e. The number of aromatic nitrogens is 2. The number of β-amino-alcohol motifs (C(OH)–C–C–N with tert-alkyl or cyclic N) is 1. The molecule has 2 aliphatic heterocycles. The normalized spacial score (nSPS) is 24.6. The number of amides is 2. The summed E-state index contributed by atoms with van der Waals surface area (Å²) in [5.41, 5.74) is 3.01. The first-order valence-electron chi connectivity index (χ1n) is 11.5. The van der Waals surface area contributed by atoms with Crippen LogP contribution < -0.4 is 10.6 Å². The van der Waals surface area contributed by atoms with Crippen molar-refractivity contribution in [2.75, 3.05) is 20.2 Å². The first-order valence-corrected chi connectivity index (χ1v) is 11.5. The van der Waals surface area contributed by atoms with Crippen LogP contribution in [0, 0.1) is 0 Å². The van der Waals surface area contributed by atoms with Gasteiger partial charge in [0, 0.05) is 32.8 Å². The van der Waals surface area contributed by atoms with Gasteiger partial charge >= 0.3 is 0 Å². The second kappa shape index (κ2) is 10.0. The number of carbonyl (C=O) groups is 2. The third-order valence-electron chi connectivity index (χ3n) is 6.66. The number of carbonyl (C=O) groups excluding carboxylic acids is 2. The van der Waals surface area contributed by atoms with E-state index in [2.05, 4.69) is 15.7 Å². The fourth-order valence-corrected chi connectivity index (χ4v) is 4.81. The van der Waals surface area contributed by atoms with Gasteiger partial charge < -0.3 is 25.4 Å². The lowest BCUT2D eigenvalue weighted by molar-refractivity contribution is -0.142. The van der Waals surface area contributed by atoms with Crippen LogP contribution in [0.15, 0.2) is 36.5 Å². The van der Waals surface area contributed by atoms with E-state index in [1.807, 2.05) is 49.0 Å². The maximum Gasteiger partial charge on any atom is 0.243 e. The predicted octanol–water partition coefficient (Wildman–Crippen LogP) is 0.993. The maximum absolute atomic E-state index is 13.2. The SMILES string of the molecule is CNC(C(=O)N1C[C@H](O)C[C@H]1C(=O)N[C@@H](C)c1ccc(-c2ccnn2C)cc1)C1CCCO1. The van der Waals surface area contributed by atoms with Crippen molar-refractivity contribution in [3.8, 4) is 11.3 Å². The van der Waals surface area contributed by atoms with Crippen LogP contribution in [0.4, 0.5) is 0 Å². The first-order chi connectivity index (χ1) is 15.9. The minimum absolute atomic E-state index is 0.148. The summed E-state index contributed by atoms with van der Waals surface area (Å²) in [5, 5.41) is 20.5. The molecule has 0 aliphatic carbocycles. The number of benzene rings is 1. The van der Waals surface area contributed by atoms with Crippen LogP contribution in [0.2, 0.25) is 0 Å². The van der Waals surface area contributed by atoms with E-state index in [0.29, 0.717) is 6.61 Å². The number of likely N-dealkylation sites (N-methyl/N-ethyl adjacent to an activating group) is 1. The largest absolute Gasteiger partial charge is 0.391 e. The van der Waals surface area contributed by atoms with E-state index in [0.717, 1.165) is 29.7 Å². The number of nitrogens with zero attached hydrogens (tertiary/aromatic N) is 3. The summed E-state index contributed by atoms with van der Waals surface area (Å²) in [5.74, 6) is -0.459. The Bertz CT molecular complexity index is 969. The Morgan fingerprint density at radius 2 is 2.00 bits per heavy atom. The van der Waals surface area contributed by atoms with Crippen LogP contribution in [0.25, 0.3) is 11.3 Å². The Morgan fingerprint density at radius 1 is 1.24 bits per heavy atom. The molecule has 1 aromatic carbocycles. The number of ether oxygens (including phenoxy) is 1. The van der Waals surface area contributed by atoms with Crippen LogP contribution in [0.1, 0.15) is 37.8 Å². The van der Waals surface area contributed by atoms with Crippen molar-refractivity contribution in [3.63, 3.8) is 0 Å². The standard InChI is InChI=1S/C24H33N5O4/c1-15(16-6-8-17(9-7-16)19-10-11-26-28(19)3)27-23(31)20-13-18(30)14-29(20)24(32)22(25-2)21-5-4-12-33-21/h6-11,15,18,20-22,25,30H,4-5,12-14H2,1-3H3,(H,27,31)/t15-,18+,20-,21?,22?/m0/s1. The lowest BCUT2D eigenvalue weighted by Crippen LogP contribution is -2.55. The third-order valence-corrected chi connectivity index (χ3v) is 6.66. The molecular weight excluding hydrogens is 422 g/mol. The van der Waals surface area contributed by atoms with E-state index in [4.69, 9.17) is 4.74 Å². The van der Waals surface area contributed by atoms with Crippen molar-refractivity contribution in [2.45, 2.75) is 56.5 Å². The second-order valence-corrected chi connectivity index (χ2v) is 8.91. The minimum atomic E-state index is -0.722. The predicted molar refractivity (Wildman–Crippen MR) is 123 cm³/mol. The summed E-state index contributed by atoms with van der Waals surface area (Å²) in [6, 6.07) is 8.44. The molecule has 2 aliphatic rings. The Labute approximate surface area is 194 Å². The molecule has 2 saturated heterocycles. The molecule has 2 fully saturated rings. The van der Waals surface area contributed by atoms with Gasteiger partial charge in [-0.1, -0.05) is 24.3 Å². The molecule has 0 bridgehead atoms. The molecule has 9 nitrogen and oxygen atoms in total. The number of hydrogen-bond donors (Lipinski definition) is 3. The number of rotatable bonds is 7. The van der Waals surface area contributed by atoms with Crippen molar-refractivity contribution in [2.24, 2.45) is 7.05 Å². The fraction of sp³-hybridized carbons (Fsp3) is 0.542. The van der Waals surface area contributed by atoms with Crippen LogP contribution in [-0.2, 0) is 21.4 Å². The van der Waals surface area contributed by atoms with E-state index in [1.165, 1.54) is 4.90 Å². The summed E-state index contributed by atoms with van der Waals surface area (Å²) in [6.45, 7) is 2.70. The smallest absolute Gasteiger partial charge is 0.243 e. The molecule has 3 heterocycles. The highest BCUT2D eigenvalue weighted by molar-refractivity contribution is 5.91. The Kier molecular flexibility index (Phi) is 7.11. The van der Waals surface area contributed by atoms with E-state index in [-0.39, 0.29) is 36.9 Å². The Hall–Kier alpha value is -2.75. The van der Waals surface area contributed by atoms with Crippen molar-refractivity contribution in [1.82, 2.24) is 25.3 Å². The number of aryl methyl sites for hydroxylation is 1. The Balaban J connectivity index is 1.42. The Morgan fingerprint density at radius 3 is 2.61 bits per heavy atom. The monoisotopic (exact) mass is 455 g/mol. The number of likely N-dealkylation sites (tertiary alicyclic amines) is 1. The zero-order valence-corrected chi connectivity index (χ0v) is 19.4. The zero-order chi connectivity index (χ0) is 23.5. The van der Waals surface area contributed by atoms with Gasteiger partial charge in [0.1, 0.15) is 12.1 Å². The van der Waals surface area contributed by atoms with Crippen LogP contribution >= 0.6 is 0 Å². The summed E-state index contributed by atoms with van der Waals surface area (Å²) in [4.78, 5) is 27.9. The van der Waals surface area contributed by atoms with Gasteiger partial charge in [-0.3, -0.25) is 14.3 Å². The molecule has 5 atom stereocenters. The van der Waals surface area contributed by atoms with E-state index in [9.17, 15) is 14.7 Å². The second-order valence-electron chi connectivity index (χ2n) is 8.91. The molecule has 4 rings (SSSR count). The van der Waals surface area contributed by atoms with Gasteiger partial charge in [-0.15, -0.1) is 0 Å². The van der Waals surface area contributed by atoms with Gasteiger partial charge in [-0.2, -0.15) is 5.10 Å². The van der Waals surface area contributed by atoms with Gasteiger partial charge in [0.05, 0.1) is 23.9 Å². The van der Waals surface area contributed by atoms with E-state index < -0.39 is 18.2 Å². The number of aliphatic hydroxyl groups is 1. The van der Waals surface area contributed by atoms with Gasteiger partial charge in [-0.25, -0.2) is 0 Å². The van der Waals surface area contributed by atoms with Crippen LogP contribution in [0.5, 0.6) is 0 Å². The molecule has 33 heavy (non-hydrogen) atoms. The first kappa shape index (κ1) is 23.4. The molecule has 2 unspecified atom stereocenters. The zero-order valence-electron chi connectivity index (χ0n) is 19.4. The average Bonchev–Trinajstić information content (AvgIpc) is 3.56. The van der Waals surface area contributed by atoms with Gasteiger partial charge in [0.25, 0.3) is 0 Å². The molecule has 0 spiro atoms. The number of aliphatic hydroxyl groups excluding tert-OH is 1. The summed E-state index contributed by atoms with van der Waals surface area (Å²) in [7, 11) is 3.62. The highest BCUT2D eigenvalue weighted by atomic mass is 16.5. The van der Waals surface area contributed by atoms with Crippen molar-refractivity contribution >= 4 is 11.8 Å². The highest BCUT2D eigenvalue weighted by Crippen LogP contribution is 2.25. The number of hydrogen-bond acceptors (Lipinski definition) is 6. The molecule has 178 valence electrons. The number of nitrogens with one attached hydrogen (secondary N) is 2. The molecule has 1 aromatic heterocycles. The molecule has 0 saturated carbocycles. The lowest BCUT2D eigenvalue weighted by Gasteiger charge is -2.30. The van der Waals surface area contributed by atoms with Gasteiger partial charge in [-0.05, 0) is 44.0 Å². The molecule has 2 amide bonds. The van der Waals surface area contributed by atoms with Crippen LogP contribution in [0.3, 0.4) is 0 Å². The fourth-order valence-electron chi connectivity index (χ4n) is 4.81. The van der Waals surface area contributed by atoms with E-state index in [1.54, 1.807) is 13.2 Å². The molecule has 2 aromatic rings. The molecule has 3 N–H and O–H groups in total. The quantitative estimate of drug-likeness (QED) is 0.575. The average molecular weight is 456 g/mol. The molecule has 0 radical (unpaired) electrons. The lowest BCUT2D eigenvalue weighted by atomic mass is 10.0. The summed E-state index contributed by atoms with van der Waals surface area (Å²) >= 11 is 0. The third kappa shape index (κ3) is 4.95. The molecular formula is C24H33N5O4. The highest BCUT2D eigenvalue weighted by Gasteiger charge is 2.43.